The Morgan fingerprint density at radius 1 is 1.64 bits per heavy atom. The topological polar surface area (TPSA) is 26.3 Å². The number of rotatable bonds is 3. The molecule has 0 aromatic heterocycles. The van der Waals surface area contributed by atoms with Gasteiger partial charge in [0.15, 0.2) is 0 Å². The summed E-state index contributed by atoms with van der Waals surface area (Å²) in [5.41, 5.74) is 2.63. The summed E-state index contributed by atoms with van der Waals surface area (Å²) >= 11 is 0. The van der Waals surface area contributed by atoms with Gasteiger partial charge in [0, 0.05) is 6.08 Å². The molecule has 0 bridgehead atoms. The summed E-state index contributed by atoms with van der Waals surface area (Å²) in [7, 11) is 0. The van der Waals surface area contributed by atoms with Gasteiger partial charge in [-0.1, -0.05) is 18.7 Å². The quantitative estimate of drug-likeness (QED) is 0.268. The van der Waals surface area contributed by atoms with Crippen LogP contribution in [0.4, 0.5) is 0 Å². The van der Waals surface area contributed by atoms with Gasteiger partial charge in [0.25, 0.3) is 0 Å². The van der Waals surface area contributed by atoms with Crippen molar-refractivity contribution in [1.29, 1.82) is 0 Å². The molecule has 2 heteroatoms. The van der Waals surface area contributed by atoms with Crippen LogP contribution in [-0.4, -0.2) is 5.97 Å². The Kier molecular flexibility index (Phi) is 6.05. The molecule has 0 aliphatic carbocycles. The van der Waals surface area contributed by atoms with E-state index in [0.29, 0.717) is 0 Å². The maximum atomic E-state index is 10.7. The van der Waals surface area contributed by atoms with Crippen molar-refractivity contribution >= 4 is 5.97 Å². The number of allylic oxidation sites excluding steroid dienone is 2. The molecule has 0 amide bonds. The predicted molar refractivity (Wildman–Crippen MR) is 43.9 cm³/mol. The van der Waals surface area contributed by atoms with Gasteiger partial charge in [-0.3, -0.25) is 0 Å². The van der Waals surface area contributed by atoms with E-state index in [1.807, 2.05) is 6.92 Å². The zero-order valence-corrected chi connectivity index (χ0v) is 6.83. The highest BCUT2D eigenvalue weighted by Crippen LogP contribution is 1.84. The van der Waals surface area contributed by atoms with E-state index in [1.54, 1.807) is 19.1 Å². The van der Waals surface area contributed by atoms with Crippen molar-refractivity contribution in [3.63, 3.8) is 0 Å². The fourth-order valence-corrected chi connectivity index (χ4v) is 0.413. The van der Waals surface area contributed by atoms with Gasteiger partial charge in [0.1, 0.15) is 6.26 Å². The summed E-state index contributed by atoms with van der Waals surface area (Å²) in [5.74, 6) is -0.360. The fourth-order valence-electron chi connectivity index (χ4n) is 0.413. The molecule has 0 saturated carbocycles. The lowest BCUT2D eigenvalue weighted by Crippen LogP contribution is -1.92. The SMILES string of the molecule is CC=C=COC(=O)C=CCC. The van der Waals surface area contributed by atoms with Gasteiger partial charge >= 0.3 is 5.97 Å². The third-order valence-corrected chi connectivity index (χ3v) is 0.899. The first-order valence-electron chi connectivity index (χ1n) is 3.54. The molecule has 0 fully saturated rings. The zero-order chi connectivity index (χ0) is 8.53. The highest BCUT2D eigenvalue weighted by atomic mass is 16.5. The highest BCUT2D eigenvalue weighted by Gasteiger charge is 1.88. The Hall–Kier alpha value is -1.27. The van der Waals surface area contributed by atoms with Crippen LogP contribution < -0.4 is 0 Å². The Labute approximate surface area is 66.9 Å². The summed E-state index contributed by atoms with van der Waals surface area (Å²) in [6.07, 6.45) is 6.88. The standard InChI is InChI=1S/C9H12O2/c1-3-5-7-9(10)11-8-6-4-2/h4-5,7-8H,3H2,1-2H3. The van der Waals surface area contributed by atoms with Crippen molar-refractivity contribution in [2.75, 3.05) is 0 Å². The average molecular weight is 152 g/mol. The maximum Gasteiger partial charge on any atom is 0.335 e. The fraction of sp³-hybridized carbons (Fsp3) is 0.333. The first kappa shape index (κ1) is 9.73. The smallest absolute Gasteiger partial charge is 0.335 e. The third-order valence-electron chi connectivity index (χ3n) is 0.899. The minimum atomic E-state index is -0.360. The molecule has 0 spiro atoms. The number of carbonyl (C=O) groups is 1. The van der Waals surface area contributed by atoms with E-state index in [0.717, 1.165) is 6.42 Å². The van der Waals surface area contributed by atoms with Crippen molar-refractivity contribution in [3.8, 4) is 0 Å². The monoisotopic (exact) mass is 152 g/mol. The number of hydrogen-bond donors (Lipinski definition) is 0. The van der Waals surface area contributed by atoms with Gasteiger partial charge in [0.2, 0.25) is 0 Å². The summed E-state index contributed by atoms with van der Waals surface area (Å²) in [6.45, 7) is 3.75. The minimum absolute atomic E-state index is 0.360. The summed E-state index contributed by atoms with van der Waals surface area (Å²) in [6, 6.07) is 0. The largest absolute Gasteiger partial charge is 0.423 e. The Morgan fingerprint density at radius 2 is 2.36 bits per heavy atom. The molecule has 2 nitrogen and oxygen atoms in total. The van der Waals surface area contributed by atoms with Crippen molar-refractivity contribution in [2.24, 2.45) is 0 Å². The van der Waals surface area contributed by atoms with E-state index in [1.165, 1.54) is 12.3 Å². The lowest BCUT2D eigenvalue weighted by molar-refractivity contribution is -0.132. The van der Waals surface area contributed by atoms with E-state index >= 15 is 0 Å². The van der Waals surface area contributed by atoms with Gasteiger partial charge in [-0.25, -0.2) is 4.79 Å². The number of hydrogen-bond acceptors (Lipinski definition) is 2. The first-order valence-corrected chi connectivity index (χ1v) is 3.54. The second kappa shape index (κ2) is 6.84. The van der Waals surface area contributed by atoms with Crippen LogP contribution >= 0.6 is 0 Å². The molecule has 0 heterocycles. The molecule has 0 aromatic carbocycles. The van der Waals surface area contributed by atoms with Crippen LogP contribution in [0.3, 0.4) is 0 Å². The molecule has 0 saturated heterocycles. The lowest BCUT2D eigenvalue weighted by atomic mass is 10.4. The summed E-state index contributed by atoms with van der Waals surface area (Å²) in [4.78, 5) is 10.7. The highest BCUT2D eigenvalue weighted by molar-refractivity contribution is 5.82. The summed E-state index contributed by atoms with van der Waals surface area (Å²) < 4.78 is 4.59. The third kappa shape index (κ3) is 6.62. The van der Waals surface area contributed by atoms with Gasteiger partial charge in [-0.05, 0) is 19.4 Å². The van der Waals surface area contributed by atoms with E-state index < -0.39 is 0 Å². The molecule has 11 heavy (non-hydrogen) atoms. The maximum absolute atomic E-state index is 10.7. The van der Waals surface area contributed by atoms with Crippen molar-refractivity contribution < 1.29 is 9.53 Å². The second-order valence-electron chi connectivity index (χ2n) is 1.82. The molecule has 0 aliphatic heterocycles. The van der Waals surface area contributed by atoms with Crippen LogP contribution in [-0.2, 0) is 9.53 Å². The lowest BCUT2D eigenvalue weighted by Gasteiger charge is -1.87. The van der Waals surface area contributed by atoms with Gasteiger partial charge in [0.05, 0.1) is 0 Å². The molecule has 0 N–H and O–H groups in total. The normalized spacial score (nSPS) is 8.91. The van der Waals surface area contributed by atoms with Crippen molar-refractivity contribution in [2.45, 2.75) is 20.3 Å². The molecule has 0 aromatic rings. The van der Waals surface area contributed by atoms with E-state index in [2.05, 4.69) is 10.5 Å². The molecular weight excluding hydrogens is 140 g/mol. The average Bonchev–Trinajstić information content (AvgIpc) is 2.01. The van der Waals surface area contributed by atoms with Crippen LogP contribution in [0, 0.1) is 0 Å². The Bertz CT molecular complexity index is 196. The van der Waals surface area contributed by atoms with Crippen LogP contribution in [0.15, 0.2) is 30.2 Å². The number of esters is 1. The minimum Gasteiger partial charge on any atom is -0.423 e. The second-order valence-corrected chi connectivity index (χ2v) is 1.82. The predicted octanol–water partition coefficient (Wildman–Crippen LogP) is 2.18. The van der Waals surface area contributed by atoms with Crippen LogP contribution in [0.2, 0.25) is 0 Å². The molecular formula is C9H12O2. The van der Waals surface area contributed by atoms with Crippen LogP contribution in [0.1, 0.15) is 20.3 Å². The first-order chi connectivity index (χ1) is 5.31. The van der Waals surface area contributed by atoms with E-state index in [9.17, 15) is 4.79 Å². The Morgan fingerprint density at radius 3 is 2.91 bits per heavy atom. The molecule has 0 aliphatic rings. The number of ether oxygens (including phenoxy) is 1. The van der Waals surface area contributed by atoms with Crippen molar-refractivity contribution in [1.82, 2.24) is 0 Å². The molecule has 60 valence electrons. The molecule has 0 unspecified atom stereocenters. The van der Waals surface area contributed by atoms with Gasteiger partial charge in [-0.15, -0.1) is 0 Å². The zero-order valence-electron chi connectivity index (χ0n) is 6.83. The van der Waals surface area contributed by atoms with Gasteiger partial charge < -0.3 is 4.74 Å². The van der Waals surface area contributed by atoms with Crippen LogP contribution in [0.5, 0.6) is 0 Å². The number of carbonyl (C=O) groups excluding carboxylic acids is 1. The Balaban J connectivity index is 3.70. The summed E-state index contributed by atoms with van der Waals surface area (Å²) in [5, 5.41) is 0. The molecule has 0 radical (unpaired) electrons. The van der Waals surface area contributed by atoms with E-state index in [4.69, 9.17) is 0 Å². The molecule has 0 atom stereocenters. The van der Waals surface area contributed by atoms with E-state index in [-0.39, 0.29) is 5.97 Å². The van der Waals surface area contributed by atoms with Crippen LogP contribution in [0.25, 0.3) is 0 Å². The van der Waals surface area contributed by atoms with Crippen molar-refractivity contribution in [3.05, 3.63) is 30.2 Å². The van der Waals surface area contributed by atoms with Gasteiger partial charge in [-0.2, -0.15) is 0 Å². The molecule has 0 rings (SSSR count).